The molecule has 0 unspecified atom stereocenters. The van der Waals surface area contributed by atoms with Crippen LogP contribution in [0.1, 0.15) is 24.0 Å². The Labute approximate surface area is 168 Å². The number of carbonyl (C=O) groups excluding carboxylic acids is 2. The normalized spacial score (nSPS) is 10.9. The van der Waals surface area contributed by atoms with E-state index in [9.17, 15) is 9.59 Å². The topological polar surface area (TPSA) is 70.6 Å². The Balaban J connectivity index is 1.47. The van der Waals surface area contributed by atoms with Gasteiger partial charge in [-0.2, -0.15) is 5.10 Å². The van der Waals surface area contributed by atoms with Gasteiger partial charge in [-0.15, -0.1) is 0 Å². The fraction of sp³-hybridized carbons (Fsp3) is 0.136. The Kier molecular flexibility index (Phi) is 6.40. The summed E-state index contributed by atoms with van der Waals surface area (Å²) in [5.41, 5.74) is 4.77. The Hall–Kier alpha value is -3.18. The zero-order valence-corrected chi connectivity index (χ0v) is 16.2. The van der Waals surface area contributed by atoms with Crippen molar-refractivity contribution >= 4 is 46.1 Å². The SMILES string of the molecule is Cc1c(Cl)cccc1NC(=O)CCC(=O)N/N=C/c1ccc2ccccc2c1. The summed E-state index contributed by atoms with van der Waals surface area (Å²) >= 11 is 6.03. The lowest BCUT2D eigenvalue weighted by Gasteiger charge is -2.09. The maximum absolute atomic E-state index is 12.0. The molecule has 2 amide bonds. The fourth-order valence-corrected chi connectivity index (χ4v) is 2.88. The summed E-state index contributed by atoms with van der Waals surface area (Å²) in [4.78, 5) is 23.9. The Bertz CT molecular complexity index is 1050. The first-order chi connectivity index (χ1) is 13.5. The summed E-state index contributed by atoms with van der Waals surface area (Å²) in [6, 6.07) is 19.2. The van der Waals surface area contributed by atoms with E-state index in [0.717, 1.165) is 21.9 Å². The molecule has 3 rings (SSSR count). The van der Waals surface area contributed by atoms with Crippen LogP contribution in [0.25, 0.3) is 10.8 Å². The number of nitrogens with zero attached hydrogens (tertiary/aromatic N) is 1. The summed E-state index contributed by atoms with van der Waals surface area (Å²) in [5, 5.41) is 9.55. The quantitative estimate of drug-likeness (QED) is 0.472. The number of anilines is 1. The molecule has 0 bridgehead atoms. The van der Waals surface area contributed by atoms with Crippen LogP contribution < -0.4 is 10.7 Å². The van der Waals surface area contributed by atoms with Gasteiger partial charge >= 0.3 is 0 Å². The summed E-state index contributed by atoms with van der Waals surface area (Å²) in [7, 11) is 0. The van der Waals surface area contributed by atoms with Gasteiger partial charge in [0.1, 0.15) is 0 Å². The number of carbonyl (C=O) groups is 2. The van der Waals surface area contributed by atoms with E-state index in [4.69, 9.17) is 11.6 Å². The van der Waals surface area contributed by atoms with Crippen LogP contribution in [-0.4, -0.2) is 18.0 Å². The third-order valence-electron chi connectivity index (χ3n) is 4.30. The van der Waals surface area contributed by atoms with Crippen molar-refractivity contribution in [3.05, 3.63) is 76.8 Å². The second kappa shape index (κ2) is 9.15. The van der Waals surface area contributed by atoms with Gasteiger partial charge in [0.25, 0.3) is 0 Å². The first-order valence-electron chi connectivity index (χ1n) is 8.88. The predicted octanol–water partition coefficient (Wildman–Crippen LogP) is 4.67. The van der Waals surface area contributed by atoms with E-state index in [2.05, 4.69) is 15.8 Å². The van der Waals surface area contributed by atoms with E-state index in [1.807, 2.05) is 49.4 Å². The highest BCUT2D eigenvalue weighted by atomic mass is 35.5. The van der Waals surface area contributed by atoms with Crippen LogP contribution in [0.3, 0.4) is 0 Å². The van der Waals surface area contributed by atoms with Crippen molar-refractivity contribution in [3.8, 4) is 0 Å². The van der Waals surface area contributed by atoms with Crippen LogP contribution in [0.4, 0.5) is 5.69 Å². The largest absolute Gasteiger partial charge is 0.326 e. The third kappa shape index (κ3) is 5.18. The number of fused-ring (bicyclic) bond motifs is 1. The lowest BCUT2D eigenvalue weighted by molar-refractivity contribution is -0.124. The van der Waals surface area contributed by atoms with E-state index >= 15 is 0 Å². The summed E-state index contributed by atoms with van der Waals surface area (Å²) in [6.45, 7) is 1.83. The minimum atomic E-state index is -0.324. The molecule has 0 atom stereocenters. The molecule has 3 aromatic rings. The molecule has 0 saturated heterocycles. The Morgan fingerprint density at radius 3 is 2.54 bits per heavy atom. The standard InChI is InChI=1S/C22H20ClN3O2/c1-15-19(23)7-4-8-20(15)25-21(27)11-12-22(28)26-24-14-16-9-10-17-5-2-3-6-18(17)13-16/h2-10,13-14H,11-12H2,1H3,(H,25,27)(H,26,28)/b24-14+. The molecule has 0 aliphatic carbocycles. The number of hydrogen-bond donors (Lipinski definition) is 2. The van der Waals surface area contributed by atoms with Crippen molar-refractivity contribution < 1.29 is 9.59 Å². The van der Waals surface area contributed by atoms with Gasteiger partial charge in [0.2, 0.25) is 11.8 Å². The van der Waals surface area contributed by atoms with Gasteiger partial charge in [-0.25, -0.2) is 5.43 Å². The van der Waals surface area contributed by atoms with Crippen molar-refractivity contribution in [2.24, 2.45) is 5.10 Å². The monoisotopic (exact) mass is 393 g/mol. The Morgan fingerprint density at radius 1 is 0.964 bits per heavy atom. The van der Waals surface area contributed by atoms with Gasteiger partial charge in [-0.3, -0.25) is 9.59 Å². The van der Waals surface area contributed by atoms with Gasteiger partial charge in [0.15, 0.2) is 0 Å². The maximum atomic E-state index is 12.0. The molecule has 0 aromatic heterocycles. The number of amides is 2. The van der Waals surface area contributed by atoms with Crippen molar-refractivity contribution in [1.29, 1.82) is 0 Å². The molecule has 142 valence electrons. The zero-order valence-electron chi connectivity index (χ0n) is 15.4. The second-order valence-electron chi connectivity index (χ2n) is 6.36. The van der Waals surface area contributed by atoms with Gasteiger partial charge < -0.3 is 5.32 Å². The maximum Gasteiger partial charge on any atom is 0.240 e. The first kappa shape index (κ1) is 19.6. The zero-order chi connectivity index (χ0) is 19.9. The number of hydrogen-bond acceptors (Lipinski definition) is 3. The molecule has 0 saturated carbocycles. The minimum absolute atomic E-state index is 0.0422. The molecule has 5 nitrogen and oxygen atoms in total. The predicted molar refractivity (Wildman–Crippen MR) is 114 cm³/mol. The van der Waals surface area contributed by atoms with Crippen molar-refractivity contribution in [3.63, 3.8) is 0 Å². The van der Waals surface area contributed by atoms with Gasteiger partial charge in [0, 0.05) is 23.6 Å². The van der Waals surface area contributed by atoms with Crippen LogP contribution in [0.15, 0.2) is 65.8 Å². The van der Waals surface area contributed by atoms with E-state index in [0.29, 0.717) is 10.7 Å². The van der Waals surface area contributed by atoms with E-state index < -0.39 is 0 Å². The highest BCUT2D eigenvalue weighted by Gasteiger charge is 2.09. The molecule has 0 fully saturated rings. The number of nitrogens with one attached hydrogen (secondary N) is 2. The molecule has 0 heterocycles. The minimum Gasteiger partial charge on any atom is -0.326 e. The van der Waals surface area contributed by atoms with Crippen LogP contribution in [-0.2, 0) is 9.59 Å². The Morgan fingerprint density at radius 2 is 1.71 bits per heavy atom. The molecule has 2 N–H and O–H groups in total. The molecule has 0 aliphatic rings. The molecule has 0 radical (unpaired) electrons. The smallest absolute Gasteiger partial charge is 0.240 e. The fourth-order valence-electron chi connectivity index (χ4n) is 2.71. The molecular weight excluding hydrogens is 374 g/mol. The van der Waals surface area contributed by atoms with Crippen LogP contribution in [0, 0.1) is 6.92 Å². The molecule has 0 spiro atoms. The van der Waals surface area contributed by atoms with E-state index in [1.54, 1.807) is 24.4 Å². The molecule has 3 aromatic carbocycles. The van der Waals surface area contributed by atoms with Gasteiger partial charge in [0.05, 0.1) is 6.21 Å². The summed E-state index contributed by atoms with van der Waals surface area (Å²) in [6.07, 6.45) is 1.68. The van der Waals surface area contributed by atoms with Crippen LogP contribution >= 0.6 is 11.6 Å². The number of halogens is 1. The number of hydrazone groups is 1. The highest BCUT2D eigenvalue weighted by Crippen LogP contribution is 2.23. The molecule has 28 heavy (non-hydrogen) atoms. The first-order valence-corrected chi connectivity index (χ1v) is 9.26. The van der Waals surface area contributed by atoms with Crippen molar-refractivity contribution in [2.45, 2.75) is 19.8 Å². The van der Waals surface area contributed by atoms with Crippen molar-refractivity contribution in [2.75, 3.05) is 5.32 Å². The summed E-state index contributed by atoms with van der Waals surface area (Å²) < 4.78 is 0. The van der Waals surface area contributed by atoms with Crippen molar-refractivity contribution in [1.82, 2.24) is 5.43 Å². The highest BCUT2D eigenvalue weighted by molar-refractivity contribution is 6.31. The van der Waals surface area contributed by atoms with E-state index in [-0.39, 0.29) is 24.7 Å². The van der Waals surface area contributed by atoms with Gasteiger partial charge in [-0.1, -0.05) is 54.1 Å². The van der Waals surface area contributed by atoms with E-state index in [1.165, 1.54) is 0 Å². The second-order valence-corrected chi connectivity index (χ2v) is 6.77. The molecule has 6 heteroatoms. The molecule has 0 aliphatic heterocycles. The lowest BCUT2D eigenvalue weighted by Crippen LogP contribution is -2.20. The van der Waals surface area contributed by atoms with Crippen LogP contribution in [0.5, 0.6) is 0 Å². The average molecular weight is 394 g/mol. The number of benzene rings is 3. The average Bonchev–Trinajstić information content (AvgIpc) is 2.70. The summed E-state index contributed by atoms with van der Waals surface area (Å²) in [5.74, 6) is -0.575. The number of rotatable bonds is 6. The molecular formula is C22H20ClN3O2. The lowest BCUT2D eigenvalue weighted by atomic mass is 10.1. The van der Waals surface area contributed by atoms with Gasteiger partial charge in [-0.05, 0) is 47.0 Å². The van der Waals surface area contributed by atoms with Crippen LogP contribution in [0.2, 0.25) is 5.02 Å². The third-order valence-corrected chi connectivity index (χ3v) is 4.71.